The van der Waals surface area contributed by atoms with Crippen molar-refractivity contribution in [3.63, 3.8) is 0 Å². The highest BCUT2D eigenvalue weighted by molar-refractivity contribution is 7.88. The van der Waals surface area contributed by atoms with Crippen LogP contribution in [0, 0.1) is 5.92 Å². The van der Waals surface area contributed by atoms with Gasteiger partial charge in [0.1, 0.15) is 0 Å². The number of piperidine rings is 1. The third kappa shape index (κ3) is 6.66. The van der Waals surface area contributed by atoms with Crippen molar-refractivity contribution >= 4 is 21.6 Å². The molecule has 0 radical (unpaired) electrons. The molecule has 1 atom stereocenters. The zero-order chi connectivity index (χ0) is 22.4. The molecule has 0 saturated carbocycles. The molecule has 1 N–H and O–H groups in total. The molecule has 0 bridgehead atoms. The van der Waals surface area contributed by atoms with Gasteiger partial charge in [-0.15, -0.1) is 0 Å². The van der Waals surface area contributed by atoms with Crippen molar-refractivity contribution in [1.29, 1.82) is 0 Å². The lowest BCUT2D eigenvalue weighted by molar-refractivity contribution is 0.0996. The molecular formula is C23H33N3O4S. The highest BCUT2D eigenvalue weighted by atomic mass is 32.2. The van der Waals surface area contributed by atoms with Crippen LogP contribution in [0.15, 0.2) is 47.1 Å². The van der Waals surface area contributed by atoms with Crippen LogP contribution in [0.2, 0.25) is 0 Å². The summed E-state index contributed by atoms with van der Waals surface area (Å²) in [6, 6.07) is 11.6. The molecule has 1 aromatic heterocycles. The van der Waals surface area contributed by atoms with Crippen LogP contribution in [0.5, 0.6) is 0 Å². The second-order valence-corrected chi connectivity index (χ2v) is 10.4. The van der Waals surface area contributed by atoms with Crippen LogP contribution < -0.4 is 5.32 Å². The molecular weight excluding hydrogens is 414 g/mol. The van der Waals surface area contributed by atoms with Crippen LogP contribution in [0.3, 0.4) is 0 Å². The van der Waals surface area contributed by atoms with E-state index in [-0.39, 0.29) is 11.7 Å². The van der Waals surface area contributed by atoms with Crippen molar-refractivity contribution in [2.45, 2.75) is 39.2 Å². The molecule has 1 aliphatic rings. The van der Waals surface area contributed by atoms with Crippen LogP contribution >= 0.6 is 0 Å². The van der Waals surface area contributed by atoms with Crippen LogP contribution in [0.4, 0.5) is 5.69 Å². The first kappa shape index (κ1) is 23.5. The molecule has 1 unspecified atom stereocenters. The fourth-order valence-corrected chi connectivity index (χ4v) is 5.10. The summed E-state index contributed by atoms with van der Waals surface area (Å²) in [6.45, 7) is 7.55. The van der Waals surface area contributed by atoms with Gasteiger partial charge >= 0.3 is 0 Å². The summed E-state index contributed by atoms with van der Waals surface area (Å²) < 4.78 is 30.2. The molecule has 1 saturated heterocycles. The van der Waals surface area contributed by atoms with E-state index in [1.165, 1.54) is 12.5 Å². The van der Waals surface area contributed by atoms with Gasteiger partial charge < -0.3 is 14.6 Å². The standard InChI is InChI=1S/C23H33N3O4S/c1-4-25(17-19-10-12-26(13-11-19)31(3,28)29)18(2)15-20-7-5-8-21(16-20)24-23(27)22-9-6-14-30-22/h5-9,14,16,18-19H,4,10-13,15,17H2,1-3H3,(H,24,27). The van der Waals surface area contributed by atoms with Crippen LogP contribution in [-0.2, 0) is 16.4 Å². The first-order valence-corrected chi connectivity index (χ1v) is 12.7. The Balaban J connectivity index is 1.54. The fourth-order valence-electron chi connectivity index (χ4n) is 4.22. The number of hydrogen-bond acceptors (Lipinski definition) is 5. The third-order valence-electron chi connectivity index (χ3n) is 6.03. The first-order chi connectivity index (χ1) is 14.8. The highest BCUT2D eigenvalue weighted by Crippen LogP contribution is 2.22. The van der Waals surface area contributed by atoms with Gasteiger partial charge in [-0.25, -0.2) is 12.7 Å². The van der Waals surface area contributed by atoms with Gasteiger partial charge in [0.2, 0.25) is 10.0 Å². The topological polar surface area (TPSA) is 82.9 Å². The Bertz CT molecular complexity index is 951. The predicted molar refractivity (Wildman–Crippen MR) is 123 cm³/mol. The lowest BCUT2D eigenvalue weighted by Crippen LogP contribution is -2.43. The van der Waals surface area contributed by atoms with E-state index >= 15 is 0 Å². The van der Waals surface area contributed by atoms with Gasteiger partial charge in [-0.3, -0.25) is 4.79 Å². The number of carbonyl (C=O) groups excluding carboxylic acids is 1. The molecule has 7 nitrogen and oxygen atoms in total. The van der Waals surface area contributed by atoms with Crippen molar-refractivity contribution in [1.82, 2.24) is 9.21 Å². The number of nitrogens with zero attached hydrogens (tertiary/aromatic N) is 2. The molecule has 2 heterocycles. The zero-order valence-electron chi connectivity index (χ0n) is 18.6. The first-order valence-electron chi connectivity index (χ1n) is 10.9. The predicted octanol–water partition coefficient (Wildman–Crippen LogP) is 3.46. The molecule has 1 fully saturated rings. The summed E-state index contributed by atoms with van der Waals surface area (Å²) in [7, 11) is -3.08. The van der Waals surface area contributed by atoms with Gasteiger partial charge in [0.25, 0.3) is 5.91 Å². The fraction of sp³-hybridized carbons (Fsp3) is 0.522. The number of nitrogens with one attached hydrogen (secondary N) is 1. The Labute approximate surface area is 185 Å². The lowest BCUT2D eigenvalue weighted by atomic mass is 9.96. The quantitative estimate of drug-likeness (QED) is 0.637. The van der Waals surface area contributed by atoms with E-state index in [0.29, 0.717) is 25.0 Å². The van der Waals surface area contributed by atoms with E-state index in [1.807, 2.05) is 18.2 Å². The number of rotatable bonds is 9. The number of anilines is 1. The smallest absolute Gasteiger partial charge is 0.291 e. The summed E-state index contributed by atoms with van der Waals surface area (Å²) in [5.41, 5.74) is 1.91. The van der Waals surface area contributed by atoms with Gasteiger partial charge in [-0.1, -0.05) is 19.1 Å². The average molecular weight is 448 g/mol. The minimum Gasteiger partial charge on any atom is -0.459 e. The van der Waals surface area contributed by atoms with Gasteiger partial charge in [-0.05, 0) is 68.5 Å². The summed E-state index contributed by atoms with van der Waals surface area (Å²) >= 11 is 0. The highest BCUT2D eigenvalue weighted by Gasteiger charge is 2.27. The normalized spacial score (nSPS) is 17.0. The minimum atomic E-state index is -3.08. The monoisotopic (exact) mass is 447 g/mol. The average Bonchev–Trinajstić information content (AvgIpc) is 3.27. The lowest BCUT2D eigenvalue weighted by Gasteiger charge is -2.36. The Hall–Kier alpha value is -2.16. The molecule has 1 aliphatic heterocycles. The van der Waals surface area contributed by atoms with Crippen molar-refractivity contribution in [2.75, 3.05) is 37.8 Å². The van der Waals surface area contributed by atoms with Gasteiger partial charge in [-0.2, -0.15) is 0 Å². The Morgan fingerprint density at radius 1 is 1.26 bits per heavy atom. The van der Waals surface area contributed by atoms with Crippen molar-refractivity contribution in [3.8, 4) is 0 Å². The number of likely N-dealkylation sites (N-methyl/N-ethyl adjacent to an activating group) is 1. The second-order valence-electron chi connectivity index (χ2n) is 8.38. The van der Waals surface area contributed by atoms with E-state index in [2.05, 4.69) is 30.1 Å². The second kappa shape index (κ2) is 10.4. The third-order valence-corrected chi connectivity index (χ3v) is 7.33. The summed E-state index contributed by atoms with van der Waals surface area (Å²) in [4.78, 5) is 14.7. The maximum Gasteiger partial charge on any atom is 0.291 e. The number of amides is 1. The molecule has 0 aliphatic carbocycles. The molecule has 3 rings (SSSR count). The summed E-state index contributed by atoms with van der Waals surface area (Å²) in [5.74, 6) is 0.544. The largest absolute Gasteiger partial charge is 0.459 e. The number of hydrogen-bond donors (Lipinski definition) is 1. The summed E-state index contributed by atoms with van der Waals surface area (Å²) in [6.07, 6.45) is 5.46. The molecule has 0 spiro atoms. The van der Waals surface area contributed by atoms with Crippen LogP contribution in [0.25, 0.3) is 0 Å². The van der Waals surface area contributed by atoms with E-state index < -0.39 is 10.0 Å². The molecule has 31 heavy (non-hydrogen) atoms. The summed E-state index contributed by atoms with van der Waals surface area (Å²) in [5, 5.41) is 2.88. The SMILES string of the molecule is CCN(CC1CCN(S(C)(=O)=O)CC1)C(C)Cc1cccc(NC(=O)c2ccco2)c1. The van der Waals surface area contributed by atoms with Crippen molar-refractivity contribution < 1.29 is 17.6 Å². The van der Waals surface area contributed by atoms with E-state index in [9.17, 15) is 13.2 Å². The molecule has 1 amide bonds. The number of furan rings is 1. The Morgan fingerprint density at radius 2 is 2.00 bits per heavy atom. The van der Waals surface area contributed by atoms with E-state index in [1.54, 1.807) is 16.4 Å². The van der Waals surface area contributed by atoms with Crippen molar-refractivity contribution in [3.05, 3.63) is 54.0 Å². The number of sulfonamides is 1. The van der Waals surface area contributed by atoms with Gasteiger partial charge in [0.05, 0.1) is 12.5 Å². The molecule has 2 aromatic rings. The molecule has 1 aromatic carbocycles. The number of benzene rings is 1. The molecule has 170 valence electrons. The van der Waals surface area contributed by atoms with Crippen LogP contribution in [0.1, 0.15) is 42.8 Å². The zero-order valence-corrected chi connectivity index (χ0v) is 19.4. The van der Waals surface area contributed by atoms with Gasteiger partial charge in [0.15, 0.2) is 5.76 Å². The van der Waals surface area contributed by atoms with E-state index in [0.717, 1.165) is 43.6 Å². The maximum absolute atomic E-state index is 12.2. The van der Waals surface area contributed by atoms with Crippen LogP contribution in [-0.4, -0.2) is 62.0 Å². The Morgan fingerprint density at radius 3 is 2.61 bits per heavy atom. The Kier molecular flexibility index (Phi) is 7.91. The van der Waals surface area contributed by atoms with Crippen molar-refractivity contribution in [2.24, 2.45) is 5.92 Å². The van der Waals surface area contributed by atoms with Gasteiger partial charge in [0, 0.05) is 31.4 Å². The number of carbonyl (C=O) groups is 1. The molecule has 8 heteroatoms. The maximum atomic E-state index is 12.2. The van der Waals surface area contributed by atoms with E-state index in [4.69, 9.17) is 4.42 Å². The minimum absolute atomic E-state index is 0.259.